The molecule has 11 nitrogen and oxygen atoms in total. The molecule has 3 rings (SSSR count). The van der Waals surface area contributed by atoms with Crippen molar-refractivity contribution >= 4 is 0 Å². The molecule has 9 atom stereocenters. The molecule has 3 heterocycles. The van der Waals surface area contributed by atoms with Crippen LogP contribution < -0.4 is 0 Å². The molecule has 23 heavy (non-hydrogen) atoms. The van der Waals surface area contributed by atoms with E-state index in [9.17, 15) is 30.6 Å². The first kappa shape index (κ1) is 17.4. The summed E-state index contributed by atoms with van der Waals surface area (Å²) in [6.45, 7) is -0.718. The minimum Gasteiger partial charge on any atom is -0.394 e. The van der Waals surface area contributed by atoms with Crippen molar-refractivity contribution in [1.29, 1.82) is 0 Å². The Balaban J connectivity index is 1.74. The van der Waals surface area contributed by atoms with E-state index in [1.165, 1.54) is 0 Å². The van der Waals surface area contributed by atoms with Gasteiger partial charge in [0.1, 0.15) is 42.7 Å². The van der Waals surface area contributed by atoms with Crippen molar-refractivity contribution in [3.05, 3.63) is 0 Å². The highest BCUT2D eigenvalue weighted by Crippen LogP contribution is 2.37. The van der Waals surface area contributed by atoms with Crippen LogP contribution in [0.25, 0.3) is 0 Å². The third-order valence-electron chi connectivity index (χ3n) is 4.33. The van der Waals surface area contributed by atoms with Crippen molar-refractivity contribution in [3.63, 3.8) is 0 Å². The third kappa shape index (κ3) is 2.77. The Kier molecular flexibility index (Phi) is 4.63. The minimum atomic E-state index is -2.73. The maximum absolute atomic E-state index is 9.93. The van der Waals surface area contributed by atoms with Crippen molar-refractivity contribution in [2.45, 2.75) is 61.1 Å². The van der Waals surface area contributed by atoms with E-state index in [0.29, 0.717) is 0 Å². The van der Waals surface area contributed by atoms with Gasteiger partial charge in [0.15, 0.2) is 6.29 Å². The molecule has 3 fully saturated rings. The minimum absolute atomic E-state index is 0.0906. The van der Waals surface area contributed by atoms with Crippen LogP contribution in [0, 0.1) is 0 Å². The molecule has 3 saturated heterocycles. The van der Waals surface area contributed by atoms with E-state index in [1.54, 1.807) is 0 Å². The smallest absolute Gasteiger partial charge is 0.245 e. The second-order valence-electron chi connectivity index (χ2n) is 5.86. The van der Waals surface area contributed by atoms with Gasteiger partial charge in [-0.1, -0.05) is 0 Å². The molecular formula is C12H20O11. The number of fused-ring (bicyclic) bond motifs is 2. The van der Waals surface area contributed by atoms with Crippen molar-refractivity contribution in [2.24, 2.45) is 0 Å². The Morgan fingerprint density at radius 3 is 2.35 bits per heavy atom. The van der Waals surface area contributed by atoms with Gasteiger partial charge in [0.05, 0.1) is 13.2 Å². The lowest BCUT2D eigenvalue weighted by Gasteiger charge is -2.44. The second kappa shape index (κ2) is 6.13. The molecule has 3 aliphatic heterocycles. The van der Waals surface area contributed by atoms with E-state index in [-0.39, 0.29) is 6.61 Å². The maximum Gasteiger partial charge on any atom is 0.245 e. The summed E-state index contributed by atoms with van der Waals surface area (Å²) in [6, 6.07) is 0. The molecule has 0 radical (unpaired) electrons. The molecule has 0 aromatic carbocycles. The number of aliphatic hydroxyl groups is 7. The van der Waals surface area contributed by atoms with Gasteiger partial charge in [-0.05, 0) is 0 Å². The fraction of sp³-hybridized carbons (Fsp3) is 1.00. The number of hydrogen-bond acceptors (Lipinski definition) is 11. The summed E-state index contributed by atoms with van der Waals surface area (Å²) in [5.74, 6) is -2.73. The van der Waals surface area contributed by atoms with Crippen LogP contribution in [-0.4, -0.2) is 110 Å². The number of hydrogen-bond donors (Lipinski definition) is 7. The molecule has 7 N–H and O–H groups in total. The molecule has 3 aliphatic rings. The van der Waals surface area contributed by atoms with E-state index in [1.807, 2.05) is 0 Å². The average molecular weight is 340 g/mol. The van der Waals surface area contributed by atoms with E-state index >= 15 is 0 Å². The van der Waals surface area contributed by atoms with Crippen molar-refractivity contribution in [1.82, 2.24) is 0 Å². The molecule has 0 saturated carbocycles. The van der Waals surface area contributed by atoms with Gasteiger partial charge >= 0.3 is 0 Å². The SMILES string of the molecule is OCC1O[C@@H](O[C@@H]2C3CO[C@@H]2C(O)(O)[C@H](O)O3)C(O)[C@@H](O)[C@H]1O. The zero-order chi connectivity index (χ0) is 16.9. The molecule has 134 valence electrons. The standard InChI is InChI=1S/C12H20O11/c13-1-3-5(14)6(15)7(16)10(21-3)23-8-4-2-20-9(8)12(18,19)11(17)22-4/h3-11,13-19H,1-2H2/t3?,4?,5-,6-,7?,8+,9-,10-,11+/m0/s1. The Hall–Kier alpha value is -0.440. The highest BCUT2D eigenvalue weighted by molar-refractivity contribution is 5.01. The average Bonchev–Trinajstić information content (AvgIpc) is 2.85. The van der Waals surface area contributed by atoms with Gasteiger partial charge in [-0.3, -0.25) is 0 Å². The van der Waals surface area contributed by atoms with Crippen LogP contribution >= 0.6 is 0 Å². The van der Waals surface area contributed by atoms with E-state index in [2.05, 4.69) is 0 Å². The summed E-state index contributed by atoms with van der Waals surface area (Å²) in [5.41, 5.74) is 0. The Labute approximate surface area is 130 Å². The van der Waals surface area contributed by atoms with Gasteiger partial charge in [0.2, 0.25) is 12.1 Å². The van der Waals surface area contributed by atoms with Crippen LogP contribution in [0.15, 0.2) is 0 Å². The van der Waals surface area contributed by atoms with Gasteiger partial charge in [-0.25, -0.2) is 0 Å². The van der Waals surface area contributed by atoms with Crippen molar-refractivity contribution < 1.29 is 54.7 Å². The number of rotatable bonds is 3. The highest BCUT2D eigenvalue weighted by atomic mass is 16.8. The summed E-state index contributed by atoms with van der Waals surface area (Å²) in [7, 11) is 0. The third-order valence-corrected chi connectivity index (χ3v) is 4.33. The molecule has 11 heteroatoms. The summed E-state index contributed by atoms with van der Waals surface area (Å²) in [5, 5.41) is 67.6. The maximum atomic E-state index is 9.93. The molecule has 3 unspecified atom stereocenters. The van der Waals surface area contributed by atoms with Gasteiger partial charge in [0.25, 0.3) is 0 Å². The van der Waals surface area contributed by atoms with E-state index in [0.717, 1.165) is 0 Å². The Morgan fingerprint density at radius 2 is 1.70 bits per heavy atom. The lowest BCUT2D eigenvalue weighted by Crippen LogP contribution is -2.66. The lowest BCUT2D eigenvalue weighted by molar-refractivity contribution is -0.391. The highest BCUT2D eigenvalue weighted by Gasteiger charge is 2.61. The van der Waals surface area contributed by atoms with Gasteiger partial charge < -0.3 is 54.7 Å². The Morgan fingerprint density at radius 1 is 1.00 bits per heavy atom. The quantitative estimate of drug-likeness (QED) is 0.244. The Bertz CT molecular complexity index is 429. The van der Waals surface area contributed by atoms with Crippen LogP contribution in [0.4, 0.5) is 0 Å². The monoisotopic (exact) mass is 340 g/mol. The summed E-state index contributed by atoms with van der Waals surface area (Å²) >= 11 is 0. The molecule has 2 bridgehead atoms. The topological polar surface area (TPSA) is 179 Å². The van der Waals surface area contributed by atoms with Gasteiger partial charge in [-0.2, -0.15) is 0 Å². The van der Waals surface area contributed by atoms with Crippen LogP contribution in [0.2, 0.25) is 0 Å². The first-order valence-electron chi connectivity index (χ1n) is 7.13. The molecule has 0 aliphatic carbocycles. The molecule has 0 aromatic rings. The summed E-state index contributed by atoms with van der Waals surface area (Å²) in [4.78, 5) is 0. The molecule has 0 amide bonds. The zero-order valence-electron chi connectivity index (χ0n) is 11.9. The van der Waals surface area contributed by atoms with Crippen molar-refractivity contribution in [3.8, 4) is 0 Å². The fourth-order valence-electron chi connectivity index (χ4n) is 2.96. The van der Waals surface area contributed by atoms with Crippen LogP contribution in [0.3, 0.4) is 0 Å². The predicted molar refractivity (Wildman–Crippen MR) is 66.4 cm³/mol. The van der Waals surface area contributed by atoms with Crippen LogP contribution in [-0.2, 0) is 18.9 Å². The lowest BCUT2D eigenvalue weighted by atomic mass is 9.97. The molecule has 0 spiro atoms. The molecule has 0 aromatic heterocycles. The fourth-order valence-corrected chi connectivity index (χ4v) is 2.96. The van der Waals surface area contributed by atoms with E-state index < -0.39 is 67.7 Å². The summed E-state index contributed by atoms with van der Waals surface area (Å²) < 4.78 is 20.7. The second-order valence-corrected chi connectivity index (χ2v) is 5.86. The van der Waals surface area contributed by atoms with Crippen molar-refractivity contribution in [2.75, 3.05) is 13.2 Å². The van der Waals surface area contributed by atoms with Gasteiger partial charge in [-0.15, -0.1) is 0 Å². The van der Waals surface area contributed by atoms with Crippen LogP contribution in [0.5, 0.6) is 0 Å². The largest absolute Gasteiger partial charge is 0.394 e. The summed E-state index contributed by atoms with van der Waals surface area (Å²) in [6.07, 6.45) is -12.7. The number of ether oxygens (including phenoxy) is 4. The number of aliphatic hydroxyl groups excluding tert-OH is 5. The van der Waals surface area contributed by atoms with Gasteiger partial charge in [0, 0.05) is 0 Å². The zero-order valence-corrected chi connectivity index (χ0v) is 11.9. The van der Waals surface area contributed by atoms with Crippen LogP contribution in [0.1, 0.15) is 0 Å². The first-order chi connectivity index (χ1) is 10.8. The predicted octanol–water partition coefficient (Wildman–Crippen LogP) is -5.03. The molecular weight excluding hydrogens is 320 g/mol. The normalized spacial score (nSPS) is 52.6. The van der Waals surface area contributed by atoms with E-state index in [4.69, 9.17) is 24.1 Å². The first-order valence-corrected chi connectivity index (χ1v) is 7.13.